The second-order valence-electron chi connectivity index (χ2n) is 7.47. The quantitative estimate of drug-likeness (QED) is 0.435. The van der Waals surface area contributed by atoms with Crippen LogP contribution in [0.4, 0.5) is 10.8 Å². The molecular formula is C25H28N4O4S. The van der Waals surface area contributed by atoms with E-state index in [2.05, 4.69) is 15.6 Å². The maximum absolute atomic E-state index is 13.1. The second-order valence-corrected chi connectivity index (χ2v) is 8.37. The van der Waals surface area contributed by atoms with Crippen molar-refractivity contribution in [1.29, 1.82) is 0 Å². The summed E-state index contributed by atoms with van der Waals surface area (Å²) in [7, 11) is 1.60. The van der Waals surface area contributed by atoms with Crippen LogP contribution in [-0.2, 0) is 27.3 Å². The van der Waals surface area contributed by atoms with Crippen molar-refractivity contribution in [3.63, 3.8) is 0 Å². The number of carbonyl (C=O) groups excluding carboxylic acids is 3. The molecule has 0 saturated carbocycles. The molecule has 1 aromatic heterocycles. The van der Waals surface area contributed by atoms with E-state index in [4.69, 9.17) is 4.74 Å². The number of amides is 3. The third-order valence-electron chi connectivity index (χ3n) is 5.16. The van der Waals surface area contributed by atoms with Gasteiger partial charge in [-0.05, 0) is 35.7 Å². The minimum absolute atomic E-state index is 0.00330. The van der Waals surface area contributed by atoms with Gasteiger partial charge in [-0.3, -0.25) is 14.4 Å². The smallest absolute Gasteiger partial charge is 0.240 e. The summed E-state index contributed by atoms with van der Waals surface area (Å²) in [6.07, 6.45) is 2.27. The number of ether oxygens (including phenoxy) is 1. The third-order valence-corrected chi connectivity index (χ3v) is 5.85. The van der Waals surface area contributed by atoms with Crippen molar-refractivity contribution < 1.29 is 19.1 Å². The van der Waals surface area contributed by atoms with E-state index in [1.807, 2.05) is 55.5 Å². The Morgan fingerprint density at radius 3 is 2.47 bits per heavy atom. The van der Waals surface area contributed by atoms with E-state index in [1.54, 1.807) is 18.7 Å². The Hall–Kier alpha value is -3.72. The summed E-state index contributed by atoms with van der Waals surface area (Å²) in [5.41, 5.74) is 2.54. The predicted molar refractivity (Wildman–Crippen MR) is 133 cm³/mol. The van der Waals surface area contributed by atoms with Gasteiger partial charge in [-0.2, -0.15) is 0 Å². The molecule has 178 valence electrons. The molecule has 9 heteroatoms. The van der Waals surface area contributed by atoms with E-state index in [0.717, 1.165) is 16.9 Å². The number of hydrogen-bond donors (Lipinski definition) is 2. The zero-order valence-corrected chi connectivity index (χ0v) is 20.1. The Balaban J connectivity index is 1.65. The molecule has 2 aromatic carbocycles. The van der Waals surface area contributed by atoms with Gasteiger partial charge in [-0.15, -0.1) is 11.3 Å². The average Bonchev–Trinajstić information content (AvgIpc) is 3.37. The number of hydrogen-bond acceptors (Lipinski definition) is 6. The third kappa shape index (κ3) is 7.14. The number of rotatable bonds is 11. The molecule has 34 heavy (non-hydrogen) atoms. The highest BCUT2D eigenvalue weighted by Crippen LogP contribution is 2.22. The van der Waals surface area contributed by atoms with Crippen molar-refractivity contribution in [2.24, 2.45) is 0 Å². The molecule has 3 aromatic rings. The largest absolute Gasteiger partial charge is 0.497 e. The van der Waals surface area contributed by atoms with Gasteiger partial charge in [0.1, 0.15) is 12.3 Å². The van der Waals surface area contributed by atoms with Crippen LogP contribution in [0.25, 0.3) is 0 Å². The molecule has 1 heterocycles. The second kappa shape index (κ2) is 12.5. The first-order chi connectivity index (χ1) is 16.5. The van der Waals surface area contributed by atoms with E-state index in [9.17, 15) is 14.4 Å². The lowest BCUT2D eigenvalue weighted by Gasteiger charge is -2.25. The number of nitrogens with zero attached hydrogens (tertiary/aromatic N) is 2. The van der Waals surface area contributed by atoms with Gasteiger partial charge in [0.2, 0.25) is 17.7 Å². The molecule has 0 spiro atoms. The van der Waals surface area contributed by atoms with E-state index < -0.39 is 0 Å². The molecule has 3 rings (SSSR count). The highest BCUT2D eigenvalue weighted by molar-refractivity contribution is 7.13. The van der Waals surface area contributed by atoms with Gasteiger partial charge in [-0.25, -0.2) is 4.98 Å². The van der Waals surface area contributed by atoms with Crippen molar-refractivity contribution in [2.75, 3.05) is 23.9 Å². The van der Waals surface area contributed by atoms with Gasteiger partial charge in [0.05, 0.1) is 7.11 Å². The average molecular weight is 481 g/mol. The maximum atomic E-state index is 13.1. The normalized spacial score (nSPS) is 10.4. The molecule has 0 bridgehead atoms. The number of carbonyl (C=O) groups is 3. The van der Waals surface area contributed by atoms with Crippen molar-refractivity contribution in [1.82, 2.24) is 10.3 Å². The Morgan fingerprint density at radius 1 is 1.03 bits per heavy atom. The van der Waals surface area contributed by atoms with E-state index in [1.165, 1.54) is 16.2 Å². The molecular weight excluding hydrogens is 452 g/mol. The van der Waals surface area contributed by atoms with Gasteiger partial charge in [0.25, 0.3) is 0 Å². The number of nitrogens with one attached hydrogen (secondary N) is 2. The fourth-order valence-electron chi connectivity index (χ4n) is 3.35. The Labute approximate surface area is 203 Å². The number of aromatic nitrogens is 1. The highest BCUT2D eigenvalue weighted by atomic mass is 32.1. The number of para-hydroxylation sites is 1. The number of aryl methyl sites for hydroxylation is 1. The van der Waals surface area contributed by atoms with E-state index in [-0.39, 0.29) is 37.1 Å². The molecule has 0 unspecified atom stereocenters. The summed E-state index contributed by atoms with van der Waals surface area (Å²) in [4.78, 5) is 43.6. The lowest BCUT2D eigenvalue weighted by atomic mass is 10.1. The highest BCUT2D eigenvalue weighted by Gasteiger charge is 2.22. The van der Waals surface area contributed by atoms with Crippen molar-refractivity contribution >= 4 is 39.9 Å². The molecule has 0 aliphatic heterocycles. The van der Waals surface area contributed by atoms with Crippen molar-refractivity contribution in [3.8, 4) is 5.75 Å². The summed E-state index contributed by atoms with van der Waals surface area (Å²) < 4.78 is 5.15. The number of methoxy groups -OCH3 is 1. The minimum Gasteiger partial charge on any atom is -0.497 e. The van der Waals surface area contributed by atoms with Crippen molar-refractivity contribution in [2.45, 2.75) is 32.7 Å². The van der Waals surface area contributed by atoms with E-state index >= 15 is 0 Å². The first kappa shape index (κ1) is 24.9. The predicted octanol–water partition coefficient (Wildman–Crippen LogP) is 3.78. The number of anilines is 2. The lowest BCUT2D eigenvalue weighted by molar-refractivity contribution is -0.125. The monoisotopic (exact) mass is 480 g/mol. The Morgan fingerprint density at radius 2 is 1.79 bits per heavy atom. The molecule has 2 N–H and O–H groups in total. The summed E-state index contributed by atoms with van der Waals surface area (Å²) in [5.74, 6) is -0.144. The van der Waals surface area contributed by atoms with Crippen LogP contribution in [0.2, 0.25) is 0 Å². The zero-order valence-electron chi connectivity index (χ0n) is 19.2. The van der Waals surface area contributed by atoms with Gasteiger partial charge >= 0.3 is 0 Å². The van der Waals surface area contributed by atoms with Crippen LogP contribution in [0.1, 0.15) is 30.9 Å². The molecule has 8 nitrogen and oxygen atoms in total. The van der Waals surface area contributed by atoms with Gasteiger partial charge in [0.15, 0.2) is 5.13 Å². The summed E-state index contributed by atoms with van der Waals surface area (Å²) >= 11 is 1.31. The van der Waals surface area contributed by atoms with Crippen LogP contribution in [0.15, 0.2) is 60.1 Å². The number of benzene rings is 2. The SMILES string of the molecule is CCc1ccccc1N(CC(=O)NCc1ccc(OC)cc1)C(=O)CCC(=O)Nc1nccs1. The van der Waals surface area contributed by atoms with Gasteiger partial charge < -0.3 is 20.3 Å². The van der Waals surface area contributed by atoms with Gasteiger partial charge in [0, 0.05) is 36.7 Å². The zero-order chi connectivity index (χ0) is 24.3. The molecule has 0 fully saturated rings. The summed E-state index contributed by atoms with van der Waals surface area (Å²) in [6, 6.07) is 14.9. The summed E-state index contributed by atoms with van der Waals surface area (Å²) in [6.45, 7) is 2.18. The Kier molecular flexibility index (Phi) is 9.16. The molecule has 0 radical (unpaired) electrons. The first-order valence-electron chi connectivity index (χ1n) is 11.0. The van der Waals surface area contributed by atoms with Crippen LogP contribution in [-0.4, -0.2) is 36.4 Å². The topological polar surface area (TPSA) is 101 Å². The van der Waals surface area contributed by atoms with Crippen LogP contribution >= 0.6 is 11.3 Å². The minimum atomic E-state index is -0.296. The van der Waals surface area contributed by atoms with E-state index in [0.29, 0.717) is 23.8 Å². The standard InChI is InChI=1S/C25H28N4O4S/c1-3-19-6-4-5-7-21(19)29(24(32)13-12-22(30)28-25-26-14-15-34-25)17-23(31)27-16-18-8-10-20(33-2)11-9-18/h4-11,14-15H,3,12-13,16-17H2,1-2H3,(H,27,31)(H,26,28,30). The van der Waals surface area contributed by atoms with Crippen molar-refractivity contribution in [3.05, 3.63) is 71.2 Å². The molecule has 0 atom stereocenters. The molecule has 0 aliphatic carbocycles. The maximum Gasteiger partial charge on any atom is 0.240 e. The van der Waals surface area contributed by atoms with Crippen LogP contribution in [0.3, 0.4) is 0 Å². The molecule has 0 saturated heterocycles. The fourth-order valence-corrected chi connectivity index (χ4v) is 3.89. The lowest BCUT2D eigenvalue weighted by Crippen LogP contribution is -2.41. The van der Waals surface area contributed by atoms with Crippen LogP contribution in [0.5, 0.6) is 5.75 Å². The fraction of sp³-hybridized carbons (Fsp3) is 0.280. The van der Waals surface area contributed by atoms with Gasteiger partial charge in [-0.1, -0.05) is 37.3 Å². The summed E-state index contributed by atoms with van der Waals surface area (Å²) in [5, 5.41) is 7.79. The van der Waals surface area contributed by atoms with Crippen LogP contribution in [0, 0.1) is 0 Å². The molecule has 3 amide bonds. The van der Waals surface area contributed by atoms with Crippen LogP contribution < -0.4 is 20.3 Å². The Bertz CT molecular complexity index is 1100. The number of thiazole rings is 1. The molecule has 0 aliphatic rings. The first-order valence-corrected chi connectivity index (χ1v) is 11.8.